The molecule has 33 heavy (non-hydrogen) atoms. The molecule has 0 unspecified atom stereocenters. The summed E-state index contributed by atoms with van der Waals surface area (Å²) >= 11 is 6.07. The summed E-state index contributed by atoms with van der Waals surface area (Å²) in [6, 6.07) is 10.7. The number of rotatable bonds is 10. The van der Waals surface area contributed by atoms with Crippen LogP contribution in [0.2, 0.25) is 5.02 Å². The van der Waals surface area contributed by atoms with Crippen molar-refractivity contribution in [1.29, 1.82) is 0 Å². The zero-order valence-electron chi connectivity index (χ0n) is 19.0. The first-order valence-electron chi connectivity index (χ1n) is 10.2. The van der Waals surface area contributed by atoms with Crippen molar-refractivity contribution in [2.24, 2.45) is 0 Å². The number of benzene rings is 2. The number of hydrogen-bond acceptors (Lipinski definition) is 4. The third kappa shape index (κ3) is 6.89. The number of carbonyl (C=O) groups is 2. The van der Waals surface area contributed by atoms with Crippen molar-refractivity contribution in [3.63, 3.8) is 0 Å². The van der Waals surface area contributed by atoms with Crippen LogP contribution in [0.5, 0.6) is 0 Å². The first-order valence-corrected chi connectivity index (χ1v) is 12.0. The molecule has 0 aromatic heterocycles. The van der Waals surface area contributed by atoms with Crippen molar-refractivity contribution in [3.8, 4) is 0 Å². The Morgan fingerprint density at radius 1 is 1.12 bits per heavy atom. The maximum atomic E-state index is 13.4. The highest BCUT2D eigenvalue weighted by Crippen LogP contribution is 2.21. The highest BCUT2D eigenvalue weighted by molar-refractivity contribution is 7.90. The zero-order valence-corrected chi connectivity index (χ0v) is 20.5. The predicted octanol–water partition coefficient (Wildman–Crippen LogP) is 2.65. The second-order valence-electron chi connectivity index (χ2n) is 7.50. The van der Waals surface area contributed by atoms with E-state index in [1.54, 1.807) is 38.1 Å². The smallest absolute Gasteiger partial charge is 0.304 e. The summed E-state index contributed by atoms with van der Waals surface area (Å²) in [5.41, 5.74) is 0.794. The van der Waals surface area contributed by atoms with Gasteiger partial charge in [-0.25, -0.2) is 8.70 Å². The van der Waals surface area contributed by atoms with Crippen molar-refractivity contribution in [1.82, 2.24) is 14.5 Å². The molecule has 0 bridgehead atoms. The van der Waals surface area contributed by atoms with Crippen LogP contribution in [0.1, 0.15) is 19.4 Å². The molecule has 2 aromatic carbocycles. The number of amides is 2. The van der Waals surface area contributed by atoms with Gasteiger partial charge in [0.05, 0.1) is 5.69 Å². The molecule has 8 nitrogen and oxygen atoms in total. The van der Waals surface area contributed by atoms with Crippen LogP contribution in [0, 0.1) is 5.82 Å². The lowest BCUT2D eigenvalue weighted by Gasteiger charge is -2.32. The van der Waals surface area contributed by atoms with Crippen LogP contribution in [-0.2, 0) is 26.3 Å². The van der Waals surface area contributed by atoms with Gasteiger partial charge in [-0.2, -0.15) is 12.7 Å². The van der Waals surface area contributed by atoms with Crippen LogP contribution in [0.4, 0.5) is 10.1 Å². The molecule has 2 aromatic rings. The normalized spacial score (nSPS) is 12.3. The maximum absolute atomic E-state index is 13.4. The summed E-state index contributed by atoms with van der Waals surface area (Å²) in [4.78, 5) is 27.2. The molecule has 0 aliphatic heterocycles. The van der Waals surface area contributed by atoms with Crippen LogP contribution in [0.3, 0.4) is 0 Å². The summed E-state index contributed by atoms with van der Waals surface area (Å²) in [5.74, 6) is -1.53. The molecular formula is C22H28ClFN4O4S. The molecule has 0 fully saturated rings. The van der Waals surface area contributed by atoms with E-state index >= 15 is 0 Å². The molecule has 0 radical (unpaired) electrons. The Labute approximate surface area is 199 Å². The van der Waals surface area contributed by atoms with Gasteiger partial charge in [-0.3, -0.25) is 9.59 Å². The minimum absolute atomic E-state index is 0.0387. The minimum atomic E-state index is -4.09. The van der Waals surface area contributed by atoms with E-state index in [2.05, 4.69) is 5.32 Å². The zero-order chi connectivity index (χ0) is 24.8. The molecule has 1 N–H and O–H groups in total. The highest BCUT2D eigenvalue weighted by atomic mass is 35.5. The summed E-state index contributed by atoms with van der Waals surface area (Å²) in [7, 11) is -1.43. The van der Waals surface area contributed by atoms with E-state index in [1.807, 2.05) is 0 Å². The molecular weight excluding hydrogens is 471 g/mol. The Balaban J connectivity index is 2.44. The van der Waals surface area contributed by atoms with Gasteiger partial charge in [-0.1, -0.05) is 23.7 Å². The third-order valence-electron chi connectivity index (χ3n) is 4.89. The molecule has 0 spiro atoms. The molecule has 0 saturated heterocycles. The fourth-order valence-corrected chi connectivity index (χ4v) is 4.33. The van der Waals surface area contributed by atoms with E-state index in [9.17, 15) is 22.4 Å². The lowest BCUT2D eigenvalue weighted by atomic mass is 10.1. The number of nitrogens with one attached hydrogen (secondary N) is 1. The third-order valence-corrected chi connectivity index (χ3v) is 6.95. The minimum Gasteiger partial charge on any atom is -0.355 e. The highest BCUT2D eigenvalue weighted by Gasteiger charge is 2.32. The van der Waals surface area contributed by atoms with Gasteiger partial charge in [0.2, 0.25) is 11.8 Å². The number of likely N-dealkylation sites (N-methyl/N-ethyl adjacent to an activating group) is 1. The van der Waals surface area contributed by atoms with Gasteiger partial charge in [0.1, 0.15) is 18.4 Å². The molecule has 2 rings (SSSR count). The number of carbonyl (C=O) groups excluding carboxylic acids is 2. The Morgan fingerprint density at radius 3 is 2.30 bits per heavy atom. The van der Waals surface area contributed by atoms with Gasteiger partial charge in [-0.15, -0.1) is 0 Å². The lowest BCUT2D eigenvalue weighted by molar-refractivity contribution is -0.139. The Hall–Kier alpha value is -2.69. The van der Waals surface area contributed by atoms with Crippen molar-refractivity contribution in [3.05, 3.63) is 64.9 Å². The molecule has 0 heterocycles. The van der Waals surface area contributed by atoms with Crippen LogP contribution >= 0.6 is 11.6 Å². The van der Waals surface area contributed by atoms with E-state index in [0.29, 0.717) is 17.1 Å². The van der Waals surface area contributed by atoms with E-state index in [-0.39, 0.29) is 18.1 Å². The second kappa shape index (κ2) is 11.4. The number of halogens is 2. The van der Waals surface area contributed by atoms with Gasteiger partial charge in [0.15, 0.2) is 0 Å². The topological polar surface area (TPSA) is 90.0 Å². The SMILES string of the molecule is CCNC(=O)[C@H](C)N(Cc1cccc(Cl)c1)C(=O)CN(c1ccc(F)cc1)S(=O)(=O)N(C)C. The Morgan fingerprint density at radius 2 is 1.76 bits per heavy atom. The van der Waals surface area contributed by atoms with Crippen molar-refractivity contribution >= 4 is 39.3 Å². The van der Waals surface area contributed by atoms with Crippen molar-refractivity contribution in [2.75, 3.05) is 31.5 Å². The van der Waals surface area contributed by atoms with Gasteiger partial charge < -0.3 is 10.2 Å². The molecule has 180 valence electrons. The van der Waals surface area contributed by atoms with E-state index in [1.165, 1.54) is 31.1 Å². The predicted molar refractivity (Wildman–Crippen MR) is 127 cm³/mol. The first kappa shape index (κ1) is 26.6. The average molecular weight is 499 g/mol. The number of hydrogen-bond donors (Lipinski definition) is 1. The van der Waals surface area contributed by atoms with Gasteiger partial charge in [-0.05, 0) is 55.8 Å². The molecule has 0 aliphatic rings. The fraction of sp³-hybridized carbons (Fsp3) is 0.364. The number of anilines is 1. The van der Waals surface area contributed by atoms with Gasteiger partial charge >= 0.3 is 10.2 Å². The van der Waals surface area contributed by atoms with Crippen LogP contribution in [0.25, 0.3) is 0 Å². The molecule has 11 heteroatoms. The standard InChI is InChI=1S/C22H28ClFN4O4S/c1-5-25-22(30)16(2)27(14-17-7-6-8-18(23)13-17)21(29)15-28(33(31,32)26(3)4)20-11-9-19(24)10-12-20/h6-13,16H,5,14-15H2,1-4H3,(H,25,30)/t16-/m0/s1. The van der Waals surface area contributed by atoms with E-state index < -0.39 is 34.5 Å². The lowest BCUT2D eigenvalue weighted by Crippen LogP contribution is -2.52. The summed E-state index contributed by atoms with van der Waals surface area (Å²) < 4.78 is 41.2. The molecule has 0 aliphatic carbocycles. The number of nitrogens with zero attached hydrogens (tertiary/aromatic N) is 3. The quantitative estimate of drug-likeness (QED) is 0.545. The summed E-state index contributed by atoms with van der Waals surface area (Å²) in [5, 5.41) is 3.14. The van der Waals surface area contributed by atoms with E-state index in [0.717, 1.165) is 20.7 Å². The van der Waals surface area contributed by atoms with Crippen LogP contribution < -0.4 is 9.62 Å². The summed E-state index contributed by atoms with van der Waals surface area (Å²) in [6.45, 7) is 3.15. The van der Waals surface area contributed by atoms with Gasteiger partial charge in [0.25, 0.3) is 0 Å². The van der Waals surface area contributed by atoms with E-state index in [4.69, 9.17) is 11.6 Å². The van der Waals surface area contributed by atoms with Crippen LogP contribution in [0.15, 0.2) is 48.5 Å². The molecule has 0 saturated carbocycles. The monoisotopic (exact) mass is 498 g/mol. The fourth-order valence-electron chi connectivity index (χ4n) is 3.06. The van der Waals surface area contributed by atoms with Crippen molar-refractivity contribution in [2.45, 2.75) is 26.4 Å². The van der Waals surface area contributed by atoms with Gasteiger partial charge in [0, 0.05) is 32.2 Å². The summed E-state index contributed by atoms with van der Waals surface area (Å²) in [6.07, 6.45) is 0. The second-order valence-corrected chi connectivity index (χ2v) is 10.00. The maximum Gasteiger partial charge on any atom is 0.304 e. The average Bonchev–Trinajstić information content (AvgIpc) is 2.76. The molecule has 1 atom stereocenters. The largest absolute Gasteiger partial charge is 0.355 e. The Kier molecular flexibility index (Phi) is 9.21. The van der Waals surface area contributed by atoms with Crippen LogP contribution in [-0.4, -0.2) is 62.7 Å². The molecule has 2 amide bonds. The van der Waals surface area contributed by atoms with Crippen molar-refractivity contribution < 1.29 is 22.4 Å². The Bertz CT molecular complexity index is 1080. The first-order chi connectivity index (χ1) is 15.5.